The fourth-order valence-electron chi connectivity index (χ4n) is 1.77. The first-order valence-corrected chi connectivity index (χ1v) is 6.27. The van der Waals surface area contributed by atoms with Gasteiger partial charge in [0.2, 0.25) is 0 Å². The topological polar surface area (TPSA) is 60.2 Å². The van der Waals surface area contributed by atoms with Crippen LogP contribution in [0.15, 0.2) is 18.3 Å². The van der Waals surface area contributed by atoms with Crippen molar-refractivity contribution >= 4 is 5.82 Å². The first-order chi connectivity index (χ1) is 8.21. The monoisotopic (exact) mass is 237 g/mol. The highest BCUT2D eigenvalue weighted by atomic mass is 16.5. The summed E-state index contributed by atoms with van der Waals surface area (Å²) in [6.07, 6.45) is 3.68. The van der Waals surface area contributed by atoms with Crippen molar-refractivity contribution in [3.63, 3.8) is 0 Å². The zero-order valence-electron chi connectivity index (χ0n) is 11.0. The predicted octanol–water partition coefficient (Wildman–Crippen LogP) is 2.41. The Morgan fingerprint density at radius 3 is 2.59 bits per heavy atom. The Balaban J connectivity index is 2.92. The van der Waals surface area contributed by atoms with Gasteiger partial charge in [-0.15, -0.1) is 0 Å². The molecular formula is C13H23N3O. The summed E-state index contributed by atoms with van der Waals surface area (Å²) in [6, 6.07) is 3.80. The van der Waals surface area contributed by atoms with Gasteiger partial charge in [-0.3, -0.25) is 0 Å². The fraction of sp³-hybridized carbons (Fsp3) is 0.615. The number of nitrogens with two attached hydrogens (primary N) is 1. The summed E-state index contributed by atoms with van der Waals surface area (Å²) < 4.78 is 5.55. The summed E-state index contributed by atoms with van der Waals surface area (Å²) in [4.78, 5) is 4.33. The highest BCUT2D eigenvalue weighted by molar-refractivity contribution is 5.51. The van der Waals surface area contributed by atoms with Gasteiger partial charge >= 0.3 is 0 Å². The van der Waals surface area contributed by atoms with E-state index in [4.69, 9.17) is 10.5 Å². The van der Waals surface area contributed by atoms with Crippen LogP contribution in [0.3, 0.4) is 0 Å². The maximum absolute atomic E-state index is 5.87. The Kier molecular flexibility index (Phi) is 5.22. The Hall–Kier alpha value is -1.29. The number of hydrogen-bond donors (Lipinski definition) is 2. The number of rotatable bonds is 7. The van der Waals surface area contributed by atoms with E-state index in [0.29, 0.717) is 13.2 Å². The van der Waals surface area contributed by atoms with Gasteiger partial charge in [0.25, 0.3) is 0 Å². The van der Waals surface area contributed by atoms with Gasteiger partial charge in [0, 0.05) is 12.7 Å². The van der Waals surface area contributed by atoms with E-state index in [1.165, 1.54) is 0 Å². The maximum Gasteiger partial charge on any atom is 0.169 e. The first-order valence-electron chi connectivity index (χ1n) is 6.27. The molecule has 0 atom stereocenters. The largest absolute Gasteiger partial charge is 0.490 e. The lowest BCUT2D eigenvalue weighted by Gasteiger charge is -2.32. The smallest absolute Gasteiger partial charge is 0.169 e. The van der Waals surface area contributed by atoms with Gasteiger partial charge in [0.15, 0.2) is 11.6 Å². The third-order valence-electron chi connectivity index (χ3n) is 3.20. The van der Waals surface area contributed by atoms with Gasteiger partial charge in [0.05, 0.1) is 12.1 Å². The molecule has 4 nitrogen and oxygen atoms in total. The highest BCUT2D eigenvalue weighted by Crippen LogP contribution is 2.27. The molecule has 0 saturated heterocycles. The minimum absolute atomic E-state index is 0.0970. The Morgan fingerprint density at radius 1 is 1.35 bits per heavy atom. The van der Waals surface area contributed by atoms with Crippen LogP contribution in [0.2, 0.25) is 0 Å². The van der Waals surface area contributed by atoms with Crippen molar-refractivity contribution in [1.82, 2.24) is 4.98 Å². The van der Waals surface area contributed by atoms with Gasteiger partial charge in [-0.05, 0) is 31.9 Å². The van der Waals surface area contributed by atoms with E-state index in [0.717, 1.165) is 24.4 Å². The molecule has 1 heterocycles. The fourth-order valence-corrected chi connectivity index (χ4v) is 1.77. The van der Waals surface area contributed by atoms with Gasteiger partial charge in [-0.2, -0.15) is 0 Å². The van der Waals surface area contributed by atoms with E-state index in [2.05, 4.69) is 24.1 Å². The average molecular weight is 237 g/mol. The molecule has 96 valence electrons. The summed E-state index contributed by atoms with van der Waals surface area (Å²) in [5, 5.41) is 3.43. The molecule has 0 unspecified atom stereocenters. The normalized spacial score (nSPS) is 11.3. The second-order valence-electron chi connectivity index (χ2n) is 4.10. The van der Waals surface area contributed by atoms with Crippen LogP contribution < -0.4 is 15.8 Å². The van der Waals surface area contributed by atoms with Gasteiger partial charge < -0.3 is 15.8 Å². The SMILES string of the molecule is CCOc1cccnc1NC(CC)(CC)CN. The summed E-state index contributed by atoms with van der Waals surface area (Å²) in [5.74, 6) is 1.57. The molecule has 0 amide bonds. The maximum atomic E-state index is 5.87. The molecule has 0 aliphatic heterocycles. The molecule has 3 N–H and O–H groups in total. The van der Waals surface area contributed by atoms with Crippen molar-refractivity contribution in [2.75, 3.05) is 18.5 Å². The molecule has 4 heteroatoms. The number of nitrogens with zero attached hydrogens (tertiary/aromatic N) is 1. The van der Waals surface area contributed by atoms with Gasteiger partial charge in [-0.25, -0.2) is 4.98 Å². The van der Waals surface area contributed by atoms with E-state index in [1.807, 2.05) is 19.1 Å². The molecule has 1 aromatic rings. The zero-order chi connectivity index (χ0) is 12.7. The van der Waals surface area contributed by atoms with Crippen LogP contribution in [-0.4, -0.2) is 23.7 Å². The number of ether oxygens (including phenoxy) is 1. The van der Waals surface area contributed by atoms with Crippen molar-refractivity contribution in [1.29, 1.82) is 0 Å². The van der Waals surface area contributed by atoms with Crippen LogP contribution in [0.25, 0.3) is 0 Å². The molecule has 0 radical (unpaired) electrons. The van der Waals surface area contributed by atoms with Gasteiger partial charge in [-0.1, -0.05) is 13.8 Å². The van der Waals surface area contributed by atoms with E-state index in [-0.39, 0.29) is 5.54 Å². The lowest BCUT2D eigenvalue weighted by Crippen LogP contribution is -2.44. The second-order valence-corrected chi connectivity index (χ2v) is 4.10. The Morgan fingerprint density at radius 2 is 2.06 bits per heavy atom. The third kappa shape index (κ3) is 3.33. The average Bonchev–Trinajstić information content (AvgIpc) is 2.38. The molecule has 1 rings (SSSR count). The molecule has 0 bridgehead atoms. The molecule has 0 aromatic carbocycles. The third-order valence-corrected chi connectivity index (χ3v) is 3.20. The lowest BCUT2D eigenvalue weighted by molar-refractivity contribution is 0.338. The molecule has 0 aliphatic rings. The quantitative estimate of drug-likeness (QED) is 0.764. The van der Waals surface area contributed by atoms with Crippen LogP contribution in [0.4, 0.5) is 5.82 Å². The van der Waals surface area contributed by atoms with Crippen LogP contribution in [0, 0.1) is 0 Å². The molecule has 1 aromatic heterocycles. The van der Waals surface area contributed by atoms with Crippen molar-refractivity contribution in [2.24, 2.45) is 5.73 Å². The highest BCUT2D eigenvalue weighted by Gasteiger charge is 2.25. The summed E-state index contributed by atoms with van der Waals surface area (Å²) in [6.45, 7) is 7.45. The standard InChI is InChI=1S/C13H23N3O/c1-4-13(5-2,10-14)16-12-11(17-6-3)8-7-9-15-12/h7-9H,4-6,10,14H2,1-3H3,(H,15,16). The number of nitrogens with one attached hydrogen (secondary N) is 1. The van der Waals surface area contributed by atoms with Crippen molar-refractivity contribution in [3.8, 4) is 5.75 Å². The molecule has 0 saturated carbocycles. The molecule has 0 fully saturated rings. The number of hydrogen-bond acceptors (Lipinski definition) is 4. The van der Waals surface area contributed by atoms with E-state index < -0.39 is 0 Å². The summed E-state index contributed by atoms with van der Waals surface area (Å²) in [7, 11) is 0. The number of anilines is 1. The van der Waals surface area contributed by atoms with Crippen LogP contribution >= 0.6 is 0 Å². The minimum Gasteiger partial charge on any atom is -0.490 e. The summed E-state index contributed by atoms with van der Waals surface area (Å²) >= 11 is 0. The van der Waals surface area contributed by atoms with Gasteiger partial charge in [0.1, 0.15) is 0 Å². The van der Waals surface area contributed by atoms with Crippen molar-refractivity contribution in [2.45, 2.75) is 39.2 Å². The molecule has 17 heavy (non-hydrogen) atoms. The number of aromatic nitrogens is 1. The molecule has 0 aliphatic carbocycles. The predicted molar refractivity (Wildman–Crippen MR) is 71.4 cm³/mol. The van der Waals surface area contributed by atoms with Crippen molar-refractivity contribution in [3.05, 3.63) is 18.3 Å². The van der Waals surface area contributed by atoms with Crippen LogP contribution in [0.1, 0.15) is 33.6 Å². The van der Waals surface area contributed by atoms with E-state index in [1.54, 1.807) is 6.20 Å². The number of pyridine rings is 1. The second kappa shape index (κ2) is 6.45. The van der Waals surface area contributed by atoms with Crippen LogP contribution in [0.5, 0.6) is 5.75 Å². The van der Waals surface area contributed by atoms with Crippen molar-refractivity contribution < 1.29 is 4.74 Å². The lowest BCUT2D eigenvalue weighted by atomic mass is 9.93. The van der Waals surface area contributed by atoms with Crippen LogP contribution in [-0.2, 0) is 0 Å². The Labute approximate surface area is 104 Å². The zero-order valence-corrected chi connectivity index (χ0v) is 11.0. The Bertz CT molecular complexity index is 329. The van der Waals surface area contributed by atoms with E-state index >= 15 is 0 Å². The molecular weight excluding hydrogens is 214 g/mol. The summed E-state index contributed by atoms with van der Waals surface area (Å²) in [5.41, 5.74) is 5.77. The first kappa shape index (κ1) is 13.8. The minimum atomic E-state index is -0.0970. The van der Waals surface area contributed by atoms with E-state index in [9.17, 15) is 0 Å². The molecule has 0 spiro atoms.